The van der Waals surface area contributed by atoms with Gasteiger partial charge < -0.3 is 97.2 Å². The molecule has 30 nitrogen and oxygen atoms in total. The predicted octanol–water partition coefficient (Wildman–Crippen LogP) is -2.30. The third kappa shape index (κ3) is 25.5. The number of nitrogens with one attached hydrogen (secondary N) is 13. The van der Waals surface area contributed by atoms with E-state index in [0.29, 0.717) is 34.9 Å². The zero-order valence-corrected chi connectivity index (χ0v) is 54.1. The number of carboxylic acid groups (broad SMARTS) is 1. The second kappa shape index (κ2) is 39.5. The number of guanidine groups is 1. The van der Waals surface area contributed by atoms with E-state index < -0.39 is 143 Å². The number of carbonyl (C=O) groups is 11. The smallest absolute Gasteiger partial charge is 0.326 e. The van der Waals surface area contributed by atoms with Crippen LogP contribution in [0.25, 0.3) is 10.9 Å². The lowest BCUT2D eigenvalue weighted by molar-refractivity contribution is -0.142. The molecule has 0 fully saturated rings. The van der Waals surface area contributed by atoms with E-state index in [4.69, 9.17) is 34.1 Å². The molecule has 0 bridgehead atoms. The van der Waals surface area contributed by atoms with Gasteiger partial charge >= 0.3 is 5.97 Å². The third-order valence-corrected chi connectivity index (χ3v) is 15.6. The zero-order chi connectivity index (χ0) is 68.8. The highest BCUT2D eigenvalue weighted by Gasteiger charge is 2.38. The predicted molar refractivity (Wildman–Crippen MR) is 347 cm³/mol. The maximum absolute atomic E-state index is 14.7. The summed E-state index contributed by atoms with van der Waals surface area (Å²) in [5.74, 6) is -10.7. The van der Waals surface area contributed by atoms with Crippen molar-refractivity contribution in [3.8, 4) is 0 Å². The van der Waals surface area contributed by atoms with Crippen molar-refractivity contribution in [1.29, 1.82) is 5.41 Å². The van der Waals surface area contributed by atoms with Crippen molar-refractivity contribution in [1.82, 2.24) is 63.5 Å². The summed E-state index contributed by atoms with van der Waals surface area (Å²) in [5, 5.41) is 47.4. The lowest BCUT2D eigenvalue weighted by atomic mass is 9.94. The van der Waals surface area contributed by atoms with Gasteiger partial charge in [-0.05, 0) is 107 Å². The number of hydrogen-bond acceptors (Lipinski definition) is 16. The number of rotatable bonds is 41. The number of hydrogen-bond donors (Lipinski definition) is 19. The monoisotopic (exact) mass is 1290 g/mol. The Morgan fingerprint density at radius 1 is 0.500 bits per heavy atom. The standard InChI is InChI=1S/C62H100N18O12/c1-9-34(5)49(80-60(90)50(35(6)10-2)79-55(85)44(24-27-65)72-52(82)37(8)71-51(81)36(7)66)59(89)78-46(29-33(3)4)56(86)73-43(23-26-64)54(84)77-48(31-39-32-70-41-20-15-14-19-40(39)41)58(88)74-42(22-25-63)53(83)76-47(30-38-17-12-11-13-18-38)57(87)75-45(61(91)92)21-16-28-69-62(67)68/h11-15,17-20,32-37,42-50,70H,9-10,16,21-31,63-66H2,1-8H3,(H,71,81)(H,72,82)(H,73,86)(H,74,88)(H,75,87)(H,76,83)(H,77,84)(H,78,89)(H,79,85)(H,80,90)(H,91,92)(H4,67,68,69)/t34-,35-,36-,37-,42-,43-,44-,45-,46-,47-,48-,49-,50-/m0/s1. The Morgan fingerprint density at radius 3 is 1.41 bits per heavy atom. The van der Waals surface area contributed by atoms with Crippen molar-refractivity contribution >= 4 is 81.9 Å². The fourth-order valence-electron chi connectivity index (χ4n) is 9.82. The number of benzene rings is 2. The summed E-state index contributed by atoms with van der Waals surface area (Å²) >= 11 is 0. The van der Waals surface area contributed by atoms with Crippen LogP contribution >= 0.6 is 0 Å². The highest BCUT2D eigenvalue weighted by atomic mass is 16.4. The number of nitrogens with two attached hydrogens (primary N) is 5. The van der Waals surface area contributed by atoms with Gasteiger partial charge in [-0.1, -0.05) is 103 Å². The summed E-state index contributed by atoms with van der Waals surface area (Å²) < 4.78 is 0. The molecule has 13 atom stereocenters. The molecule has 3 aromatic rings. The van der Waals surface area contributed by atoms with Crippen LogP contribution in [0.1, 0.15) is 118 Å². The Bertz CT molecular complexity index is 2950. The maximum atomic E-state index is 14.7. The summed E-state index contributed by atoms with van der Waals surface area (Å²) in [5.41, 5.74) is 30.8. The van der Waals surface area contributed by atoms with Gasteiger partial charge in [0.05, 0.1) is 6.04 Å². The first-order valence-corrected chi connectivity index (χ1v) is 31.4. The van der Waals surface area contributed by atoms with Crippen LogP contribution in [-0.4, -0.2) is 174 Å². The summed E-state index contributed by atoms with van der Waals surface area (Å²) in [6, 6.07) is 1.78. The average molecular weight is 1290 g/mol. The van der Waals surface area contributed by atoms with Gasteiger partial charge in [-0.2, -0.15) is 0 Å². The van der Waals surface area contributed by atoms with Gasteiger partial charge in [-0.25, -0.2) is 4.79 Å². The zero-order valence-electron chi connectivity index (χ0n) is 54.1. The quantitative estimate of drug-likeness (QED) is 0.0161. The molecule has 10 amide bonds. The fraction of sp³-hybridized carbons (Fsp3) is 0.581. The molecule has 30 heteroatoms. The van der Waals surface area contributed by atoms with Gasteiger partial charge in [-0.15, -0.1) is 0 Å². The van der Waals surface area contributed by atoms with Crippen LogP contribution < -0.4 is 87.2 Å². The number of aromatic nitrogens is 1. The van der Waals surface area contributed by atoms with Crippen molar-refractivity contribution in [2.24, 2.45) is 46.4 Å². The Balaban J connectivity index is 1.94. The number of aromatic amines is 1. The van der Waals surface area contributed by atoms with Crippen LogP contribution in [-0.2, 0) is 65.6 Å². The van der Waals surface area contributed by atoms with E-state index in [9.17, 15) is 57.8 Å². The molecule has 0 aliphatic rings. The molecule has 2 aromatic carbocycles. The molecule has 0 aliphatic heterocycles. The largest absolute Gasteiger partial charge is 0.480 e. The molecule has 0 saturated carbocycles. The minimum absolute atomic E-state index is 0.0320. The Labute approximate surface area is 537 Å². The maximum Gasteiger partial charge on any atom is 0.326 e. The Kier molecular flexibility index (Phi) is 33.3. The first-order chi connectivity index (χ1) is 43.6. The molecule has 0 unspecified atom stereocenters. The topological polar surface area (TPSA) is 510 Å². The van der Waals surface area contributed by atoms with E-state index in [1.54, 1.807) is 96.3 Å². The van der Waals surface area contributed by atoms with Crippen molar-refractivity contribution < 1.29 is 57.8 Å². The number of para-hydroxylation sites is 1. The molecule has 92 heavy (non-hydrogen) atoms. The van der Waals surface area contributed by atoms with Crippen LogP contribution in [0, 0.1) is 23.2 Å². The average Bonchev–Trinajstić information content (AvgIpc) is 2.54. The van der Waals surface area contributed by atoms with Crippen LogP contribution in [0.2, 0.25) is 0 Å². The second-order valence-electron chi connectivity index (χ2n) is 23.6. The molecule has 0 aliphatic carbocycles. The van der Waals surface area contributed by atoms with Gasteiger partial charge in [0.25, 0.3) is 0 Å². The van der Waals surface area contributed by atoms with Gasteiger partial charge in [0, 0.05) is 36.5 Å². The highest BCUT2D eigenvalue weighted by Crippen LogP contribution is 2.20. The molecule has 1 aromatic heterocycles. The van der Waals surface area contributed by atoms with Crippen LogP contribution in [0.5, 0.6) is 0 Å². The van der Waals surface area contributed by atoms with Crippen molar-refractivity contribution in [2.45, 2.75) is 186 Å². The molecule has 1 heterocycles. The van der Waals surface area contributed by atoms with Gasteiger partial charge in [-0.3, -0.25) is 53.4 Å². The SMILES string of the molecule is CC[C@H](C)[C@H](NC(=O)[C@H](CCN)NC(=O)[C@H](C)NC(=O)[C@H](C)N)C(=O)N[C@H](C(=O)N[C@@H](CC(C)C)C(=O)N[C@@H](CCN)C(=O)N[C@@H](Cc1c[nH]c2ccccc12)C(=O)N[C@@H](CCN)C(=O)N[C@@H](Cc1ccccc1)C(=O)N[C@@H](CCCNC(=N)N)C(=O)O)[C@@H](C)CC. The minimum Gasteiger partial charge on any atom is -0.480 e. The van der Waals surface area contributed by atoms with Crippen LogP contribution in [0.3, 0.4) is 0 Å². The minimum atomic E-state index is -1.45. The molecule has 3 rings (SSSR count). The number of carbonyl (C=O) groups excluding carboxylic acids is 10. The van der Waals surface area contributed by atoms with E-state index in [2.05, 4.69) is 63.5 Å². The number of carboxylic acids is 1. The van der Waals surface area contributed by atoms with E-state index >= 15 is 0 Å². The van der Waals surface area contributed by atoms with E-state index in [1.807, 2.05) is 6.07 Å². The first kappa shape index (κ1) is 77.5. The Morgan fingerprint density at radius 2 is 0.924 bits per heavy atom. The summed E-state index contributed by atoms with van der Waals surface area (Å²) in [6.45, 7) is 13.3. The van der Waals surface area contributed by atoms with E-state index in [-0.39, 0.29) is 89.4 Å². The van der Waals surface area contributed by atoms with Gasteiger partial charge in [0.1, 0.15) is 60.4 Å². The van der Waals surface area contributed by atoms with Crippen LogP contribution in [0.15, 0.2) is 60.8 Å². The fourth-order valence-corrected chi connectivity index (χ4v) is 9.82. The second-order valence-corrected chi connectivity index (χ2v) is 23.6. The molecule has 0 saturated heterocycles. The van der Waals surface area contributed by atoms with Crippen molar-refractivity contribution in [3.05, 3.63) is 71.9 Å². The normalized spacial score (nSPS) is 15.5. The number of aliphatic carboxylic acids is 1. The number of H-pyrrole nitrogens is 1. The molecular weight excluding hydrogens is 1190 g/mol. The summed E-state index contributed by atoms with van der Waals surface area (Å²) in [6.07, 6.45) is 2.03. The van der Waals surface area contributed by atoms with E-state index in [0.717, 1.165) is 0 Å². The highest BCUT2D eigenvalue weighted by molar-refractivity contribution is 5.99. The molecule has 24 N–H and O–H groups in total. The molecule has 0 spiro atoms. The molecule has 0 radical (unpaired) electrons. The van der Waals surface area contributed by atoms with Crippen LogP contribution in [0.4, 0.5) is 0 Å². The van der Waals surface area contributed by atoms with Gasteiger partial charge in [0.2, 0.25) is 59.1 Å². The summed E-state index contributed by atoms with van der Waals surface area (Å²) in [4.78, 5) is 156. The summed E-state index contributed by atoms with van der Waals surface area (Å²) in [7, 11) is 0. The molecule has 510 valence electrons. The van der Waals surface area contributed by atoms with Crippen molar-refractivity contribution in [3.63, 3.8) is 0 Å². The number of amides is 10. The molecular formula is C62H100N18O12. The number of fused-ring (bicyclic) bond motifs is 1. The van der Waals surface area contributed by atoms with E-state index in [1.165, 1.54) is 13.8 Å². The lowest BCUT2D eigenvalue weighted by Crippen LogP contribution is -2.62. The van der Waals surface area contributed by atoms with Crippen molar-refractivity contribution in [2.75, 3.05) is 26.2 Å². The third-order valence-electron chi connectivity index (χ3n) is 15.6. The van der Waals surface area contributed by atoms with Gasteiger partial charge in [0.15, 0.2) is 5.96 Å². The lowest BCUT2D eigenvalue weighted by Gasteiger charge is -2.31. The first-order valence-electron chi connectivity index (χ1n) is 31.4. The Hall–Kier alpha value is -8.74.